The number of anilines is 1. The third-order valence-corrected chi connectivity index (χ3v) is 7.30. The molecule has 0 radical (unpaired) electrons. The monoisotopic (exact) mass is 467 g/mol. The van der Waals surface area contributed by atoms with E-state index in [0.29, 0.717) is 23.4 Å². The fourth-order valence-electron chi connectivity index (χ4n) is 4.26. The van der Waals surface area contributed by atoms with Crippen LogP contribution < -0.4 is 10.6 Å². The molecule has 1 unspecified atom stereocenters. The first-order valence-corrected chi connectivity index (χ1v) is 11.2. The van der Waals surface area contributed by atoms with Crippen LogP contribution in [0.3, 0.4) is 0 Å². The molecule has 1 aliphatic heterocycles. The summed E-state index contributed by atoms with van der Waals surface area (Å²) < 4.78 is 0.945. The summed E-state index contributed by atoms with van der Waals surface area (Å²) in [6.07, 6.45) is 1.19. The van der Waals surface area contributed by atoms with Crippen LogP contribution in [0.2, 0.25) is 0 Å². The number of nitrogens with zero attached hydrogens (tertiary/aromatic N) is 2. The van der Waals surface area contributed by atoms with Crippen LogP contribution >= 0.6 is 27.3 Å². The summed E-state index contributed by atoms with van der Waals surface area (Å²) in [4.78, 5) is 16.3. The number of thiophene rings is 1. The second-order valence-electron chi connectivity index (χ2n) is 8.48. The third-order valence-electron chi connectivity index (χ3n) is 5.55. The Morgan fingerprint density at radius 1 is 1.28 bits per heavy atom. The quantitative estimate of drug-likeness (QED) is 0.609. The van der Waals surface area contributed by atoms with Gasteiger partial charge in [-0.1, -0.05) is 31.5 Å². The molecule has 2 aliphatic rings. The first-order valence-electron chi connectivity index (χ1n) is 9.48. The molecule has 1 aromatic carbocycles. The summed E-state index contributed by atoms with van der Waals surface area (Å²) in [5, 5.41) is 12.0. The van der Waals surface area contributed by atoms with Crippen molar-refractivity contribution in [1.82, 2.24) is 0 Å². The predicted octanol–water partition coefficient (Wildman–Crippen LogP) is 5.76. The molecule has 0 spiro atoms. The van der Waals surface area contributed by atoms with Gasteiger partial charge in [0.1, 0.15) is 5.82 Å². The van der Waals surface area contributed by atoms with Crippen LogP contribution in [0.25, 0.3) is 0 Å². The van der Waals surface area contributed by atoms with Gasteiger partial charge in [-0.25, -0.2) is 0 Å². The van der Waals surface area contributed by atoms with Crippen molar-refractivity contribution < 1.29 is 4.79 Å². The molecule has 0 saturated heterocycles. The number of hydrogen-bond donors (Lipinski definition) is 1. The lowest BCUT2D eigenvalue weighted by molar-refractivity contribution is -0.118. The fourth-order valence-corrected chi connectivity index (χ4v) is 5.82. The molecule has 0 saturated carbocycles. The van der Waals surface area contributed by atoms with Gasteiger partial charge in [0.25, 0.3) is 0 Å². The van der Waals surface area contributed by atoms with E-state index in [1.807, 2.05) is 47.5 Å². The largest absolute Gasteiger partial charge is 0.384 e. The molecule has 2 aromatic rings. The predicted molar refractivity (Wildman–Crippen MR) is 120 cm³/mol. The van der Waals surface area contributed by atoms with E-state index in [2.05, 4.69) is 35.8 Å². The molecule has 2 heterocycles. The number of Topliss-reactive ketones (excluding diaryl/α,β-unsaturated/α-hetero) is 1. The van der Waals surface area contributed by atoms with Crippen LogP contribution in [0.15, 0.2) is 62.8 Å². The van der Waals surface area contributed by atoms with Gasteiger partial charge >= 0.3 is 0 Å². The van der Waals surface area contributed by atoms with E-state index in [1.165, 1.54) is 0 Å². The molecule has 4 rings (SSSR count). The van der Waals surface area contributed by atoms with E-state index in [9.17, 15) is 10.1 Å². The van der Waals surface area contributed by atoms with Crippen molar-refractivity contribution in [2.45, 2.75) is 39.5 Å². The van der Waals surface area contributed by atoms with Crippen LogP contribution in [0.4, 0.5) is 5.69 Å². The van der Waals surface area contributed by atoms with Gasteiger partial charge in [-0.3, -0.25) is 9.69 Å². The second-order valence-corrected chi connectivity index (χ2v) is 10.3. The second kappa shape index (κ2) is 7.16. The summed E-state index contributed by atoms with van der Waals surface area (Å²) in [7, 11) is 0. The van der Waals surface area contributed by atoms with E-state index >= 15 is 0 Å². The molecule has 1 aromatic heterocycles. The number of carbonyl (C=O) groups is 1. The standard InChI is InChI=1S/C23H22BrN3OS/c1-13-4-6-15(7-5-13)27-17-9-23(2,3)10-18(28)21(17)20(16(11-25)22(27)26)19-8-14(24)12-29-19/h4-8,12,20H,9-10,26H2,1-3H3. The smallest absolute Gasteiger partial charge is 0.162 e. The maximum atomic E-state index is 13.4. The van der Waals surface area contributed by atoms with Crippen LogP contribution in [0, 0.1) is 23.7 Å². The Labute approximate surface area is 183 Å². The molecule has 1 atom stereocenters. The number of rotatable bonds is 2. The van der Waals surface area contributed by atoms with Gasteiger partial charge in [-0.05, 0) is 52.9 Å². The molecule has 6 heteroatoms. The number of nitriles is 1. The van der Waals surface area contributed by atoms with Gasteiger partial charge in [0.2, 0.25) is 0 Å². The summed E-state index contributed by atoms with van der Waals surface area (Å²) in [5.74, 6) is 0.106. The van der Waals surface area contributed by atoms with Crippen molar-refractivity contribution in [2.75, 3.05) is 4.90 Å². The Bertz CT molecular complexity index is 1100. The number of benzene rings is 1. The van der Waals surface area contributed by atoms with Crippen molar-refractivity contribution in [3.05, 3.63) is 73.3 Å². The highest BCUT2D eigenvalue weighted by molar-refractivity contribution is 9.10. The first kappa shape index (κ1) is 19.9. The van der Waals surface area contributed by atoms with Gasteiger partial charge in [0.05, 0.1) is 17.6 Å². The van der Waals surface area contributed by atoms with Crippen molar-refractivity contribution in [3.63, 3.8) is 0 Å². The number of hydrogen-bond acceptors (Lipinski definition) is 5. The van der Waals surface area contributed by atoms with Crippen LogP contribution in [0.1, 0.15) is 43.0 Å². The van der Waals surface area contributed by atoms with Crippen LogP contribution in [0.5, 0.6) is 0 Å². The van der Waals surface area contributed by atoms with E-state index in [0.717, 1.165) is 32.7 Å². The molecular weight excluding hydrogens is 446 g/mol. The Kier molecular flexibility index (Phi) is 4.92. The lowest BCUT2D eigenvalue weighted by Crippen LogP contribution is -2.42. The average molecular weight is 468 g/mol. The Morgan fingerprint density at radius 3 is 2.55 bits per heavy atom. The van der Waals surface area contributed by atoms with Crippen molar-refractivity contribution in [1.29, 1.82) is 5.26 Å². The zero-order valence-electron chi connectivity index (χ0n) is 16.6. The molecule has 4 nitrogen and oxygen atoms in total. The highest BCUT2D eigenvalue weighted by Crippen LogP contribution is 2.51. The molecule has 0 amide bonds. The number of aryl methyl sites for hydroxylation is 1. The van der Waals surface area contributed by atoms with Crippen LogP contribution in [-0.4, -0.2) is 5.78 Å². The molecular formula is C23H22BrN3OS. The van der Waals surface area contributed by atoms with Gasteiger partial charge < -0.3 is 5.73 Å². The normalized spacial score (nSPS) is 21.3. The van der Waals surface area contributed by atoms with Crippen molar-refractivity contribution in [2.24, 2.45) is 11.1 Å². The average Bonchev–Trinajstić information content (AvgIpc) is 3.07. The van der Waals surface area contributed by atoms with E-state index in [-0.39, 0.29) is 11.2 Å². The number of halogens is 1. The molecule has 1 aliphatic carbocycles. The highest BCUT2D eigenvalue weighted by Gasteiger charge is 2.45. The summed E-state index contributed by atoms with van der Waals surface area (Å²) >= 11 is 5.04. The summed E-state index contributed by atoms with van der Waals surface area (Å²) in [6, 6.07) is 12.3. The molecule has 148 valence electrons. The first-order chi connectivity index (χ1) is 13.7. The van der Waals surface area contributed by atoms with Crippen molar-refractivity contribution in [3.8, 4) is 6.07 Å². The number of ketones is 1. The minimum absolute atomic E-state index is 0.100. The zero-order valence-corrected chi connectivity index (χ0v) is 19.0. The fraction of sp³-hybridized carbons (Fsp3) is 0.304. The van der Waals surface area contributed by atoms with Crippen LogP contribution in [-0.2, 0) is 4.79 Å². The number of allylic oxidation sites excluding steroid dienone is 3. The molecule has 29 heavy (non-hydrogen) atoms. The maximum absolute atomic E-state index is 13.4. The topological polar surface area (TPSA) is 70.1 Å². The SMILES string of the molecule is Cc1ccc(N2C(N)=C(C#N)C(c3cc(Br)cs3)C3=C2CC(C)(C)CC3=O)cc1. The Balaban J connectivity index is 1.99. The third kappa shape index (κ3) is 3.43. The van der Waals surface area contributed by atoms with Gasteiger partial charge in [0.15, 0.2) is 5.78 Å². The Hall–Kier alpha value is -2.36. The van der Waals surface area contributed by atoms with E-state index in [4.69, 9.17) is 5.73 Å². The van der Waals surface area contributed by atoms with E-state index in [1.54, 1.807) is 11.3 Å². The van der Waals surface area contributed by atoms with Crippen molar-refractivity contribution >= 4 is 38.7 Å². The minimum Gasteiger partial charge on any atom is -0.384 e. The lowest BCUT2D eigenvalue weighted by atomic mass is 9.69. The van der Waals surface area contributed by atoms with Gasteiger partial charge in [-0.15, -0.1) is 11.3 Å². The Morgan fingerprint density at radius 2 is 1.97 bits per heavy atom. The summed E-state index contributed by atoms with van der Waals surface area (Å²) in [6.45, 7) is 6.25. The zero-order chi connectivity index (χ0) is 20.9. The summed E-state index contributed by atoms with van der Waals surface area (Å²) in [5.41, 5.74) is 10.5. The van der Waals surface area contributed by atoms with E-state index < -0.39 is 5.92 Å². The maximum Gasteiger partial charge on any atom is 0.162 e. The number of carbonyl (C=O) groups excluding carboxylic acids is 1. The van der Waals surface area contributed by atoms with Gasteiger partial charge in [-0.2, -0.15) is 5.26 Å². The molecule has 0 bridgehead atoms. The highest BCUT2D eigenvalue weighted by atomic mass is 79.9. The lowest BCUT2D eigenvalue weighted by Gasteiger charge is -2.43. The molecule has 2 N–H and O–H groups in total. The molecule has 0 fully saturated rings. The van der Waals surface area contributed by atoms with Gasteiger partial charge in [0, 0.05) is 38.1 Å². The minimum atomic E-state index is -0.406. The number of nitrogens with two attached hydrogens (primary N) is 1.